The molecule has 0 aliphatic rings. The van der Waals surface area contributed by atoms with Crippen LogP contribution in [-0.4, -0.2) is 23.7 Å². The molecule has 1 aromatic carbocycles. The normalized spacial score (nSPS) is 14.8. The van der Waals surface area contributed by atoms with Crippen molar-refractivity contribution in [1.29, 1.82) is 0 Å². The van der Waals surface area contributed by atoms with Gasteiger partial charge in [0.15, 0.2) is 0 Å². The Morgan fingerprint density at radius 2 is 2.05 bits per heavy atom. The standard InChI is InChI=1S/C12H13F4NO3/c1-2-20-11(19)9(17)10(18)7-4-3-6(13)5-8(7)12(14,15)16/h3-5,9-10,18H,2,17H2,1H3. The average Bonchev–Trinajstić information content (AvgIpc) is 2.36. The van der Waals surface area contributed by atoms with Crippen LogP contribution in [0, 0.1) is 5.82 Å². The second kappa shape index (κ2) is 6.19. The number of halogens is 4. The second-order valence-electron chi connectivity index (χ2n) is 3.95. The highest BCUT2D eigenvalue weighted by Crippen LogP contribution is 2.35. The Labute approximate surface area is 112 Å². The maximum Gasteiger partial charge on any atom is 0.416 e. The quantitative estimate of drug-likeness (QED) is 0.656. The number of esters is 1. The number of ether oxygens (including phenoxy) is 1. The molecule has 20 heavy (non-hydrogen) atoms. The highest BCUT2D eigenvalue weighted by atomic mass is 19.4. The van der Waals surface area contributed by atoms with E-state index in [0.717, 1.165) is 12.1 Å². The number of benzene rings is 1. The highest BCUT2D eigenvalue weighted by Gasteiger charge is 2.38. The van der Waals surface area contributed by atoms with Crippen molar-refractivity contribution in [2.24, 2.45) is 5.73 Å². The molecule has 0 amide bonds. The number of carbonyl (C=O) groups is 1. The van der Waals surface area contributed by atoms with Gasteiger partial charge in [0.1, 0.15) is 18.0 Å². The van der Waals surface area contributed by atoms with Crippen molar-refractivity contribution in [2.45, 2.75) is 25.2 Å². The van der Waals surface area contributed by atoms with E-state index in [2.05, 4.69) is 4.74 Å². The van der Waals surface area contributed by atoms with Crippen molar-refractivity contribution in [3.05, 3.63) is 35.1 Å². The second-order valence-corrected chi connectivity index (χ2v) is 3.95. The summed E-state index contributed by atoms with van der Waals surface area (Å²) >= 11 is 0. The monoisotopic (exact) mass is 295 g/mol. The molecule has 0 fully saturated rings. The van der Waals surface area contributed by atoms with Gasteiger partial charge in [0, 0.05) is 0 Å². The minimum Gasteiger partial charge on any atom is -0.465 e. The summed E-state index contributed by atoms with van der Waals surface area (Å²) in [5.74, 6) is -2.16. The van der Waals surface area contributed by atoms with Gasteiger partial charge in [-0.1, -0.05) is 6.07 Å². The van der Waals surface area contributed by atoms with Crippen molar-refractivity contribution in [1.82, 2.24) is 0 Å². The number of carbonyl (C=O) groups excluding carboxylic acids is 1. The summed E-state index contributed by atoms with van der Waals surface area (Å²) in [4.78, 5) is 11.3. The molecule has 0 aromatic heterocycles. The lowest BCUT2D eigenvalue weighted by molar-refractivity contribution is -0.149. The summed E-state index contributed by atoms with van der Waals surface area (Å²) in [6.07, 6.45) is -6.83. The highest BCUT2D eigenvalue weighted by molar-refractivity contribution is 5.76. The number of aliphatic hydroxyl groups excluding tert-OH is 1. The van der Waals surface area contributed by atoms with Crippen LogP contribution >= 0.6 is 0 Å². The maximum atomic E-state index is 12.9. The van der Waals surface area contributed by atoms with Crippen molar-refractivity contribution < 1.29 is 32.2 Å². The lowest BCUT2D eigenvalue weighted by Crippen LogP contribution is -2.39. The molecular weight excluding hydrogens is 282 g/mol. The minimum absolute atomic E-state index is 0.0329. The summed E-state index contributed by atoms with van der Waals surface area (Å²) in [5, 5.41) is 9.77. The van der Waals surface area contributed by atoms with E-state index in [4.69, 9.17) is 5.73 Å². The molecule has 0 saturated carbocycles. The van der Waals surface area contributed by atoms with Crippen LogP contribution < -0.4 is 5.73 Å². The van der Waals surface area contributed by atoms with Gasteiger partial charge in [0.05, 0.1) is 12.2 Å². The van der Waals surface area contributed by atoms with E-state index in [9.17, 15) is 27.5 Å². The summed E-state index contributed by atoms with van der Waals surface area (Å²) in [5.41, 5.74) is 3.28. The maximum absolute atomic E-state index is 12.9. The average molecular weight is 295 g/mol. The van der Waals surface area contributed by atoms with E-state index in [1.807, 2.05) is 0 Å². The molecule has 1 aromatic rings. The first-order chi connectivity index (χ1) is 9.18. The lowest BCUT2D eigenvalue weighted by atomic mass is 9.97. The molecule has 1 rings (SSSR count). The van der Waals surface area contributed by atoms with Gasteiger partial charge in [-0.05, 0) is 24.6 Å². The van der Waals surface area contributed by atoms with E-state index < -0.39 is 41.2 Å². The van der Waals surface area contributed by atoms with Crippen LogP contribution in [0.3, 0.4) is 0 Å². The minimum atomic E-state index is -4.88. The molecule has 2 unspecified atom stereocenters. The molecule has 112 valence electrons. The summed E-state index contributed by atoms with van der Waals surface area (Å²) in [6.45, 7) is 1.45. The Bertz CT molecular complexity index is 490. The molecule has 0 spiro atoms. The lowest BCUT2D eigenvalue weighted by Gasteiger charge is -2.21. The Balaban J connectivity index is 3.16. The fraction of sp³-hybridized carbons (Fsp3) is 0.417. The van der Waals surface area contributed by atoms with Crippen molar-refractivity contribution in [3.63, 3.8) is 0 Å². The number of aliphatic hydroxyl groups is 1. The van der Waals surface area contributed by atoms with E-state index in [-0.39, 0.29) is 12.7 Å². The number of hydrogen-bond donors (Lipinski definition) is 2. The fourth-order valence-corrected chi connectivity index (χ4v) is 1.59. The third kappa shape index (κ3) is 3.67. The van der Waals surface area contributed by atoms with Gasteiger partial charge in [0.2, 0.25) is 0 Å². The van der Waals surface area contributed by atoms with Crippen LogP contribution in [0.15, 0.2) is 18.2 Å². The van der Waals surface area contributed by atoms with Gasteiger partial charge in [-0.15, -0.1) is 0 Å². The van der Waals surface area contributed by atoms with Crippen LogP contribution in [0.25, 0.3) is 0 Å². The number of alkyl halides is 3. The summed E-state index contributed by atoms with van der Waals surface area (Å²) in [7, 11) is 0. The van der Waals surface area contributed by atoms with Gasteiger partial charge in [0.25, 0.3) is 0 Å². The molecule has 0 heterocycles. The summed E-state index contributed by atoms with van der Waals surface area (Å²) < 4.78 is 55.7. The zero-order valence-electron chi connectivity index (χ0n) is 10.4. The number of nitrogens with two attached hydrogens (primary N) is 1. The Hall–Kier alpha value is -1.67. The van der Waals surface area contributed by atoms with Crippen molar-refractivity contribution in [3.8, 4) is 0 Å². The third-order valence-electron chi connectivity index (χ3n) is 2.54. The van der Waals surface area contributed by atoms with E-state index in [1.54, 1.807) is 0 Å². The molecule has 4 nitrogen and oxygen atoms in total. The number of hydrogen-bond acceptors (Lipinski definition) is 4. The molecule has 0 aliphatic carbocycles. The van der Waals surface area contributed by atoms with Crippen LogP contribution in [0.4, 0.5) is 17.6 Å². The van der Waals surface area contributed by atoms with Crippen molar-refractivity contribution in [2.75, 3.05) is 6.61 Å². The smallest absolute Gasteiger partial charge is 0.416 e. The number of rotatable bonds is 4. The Morgan fingerprint density at radius 3 is 2.55 bits per heavy atom. The predicted molar refractivity (Wildman–Crippen MR) is 61.0 cm³/mol. The zero-order valence-corrected chi connectivity index (χ0v) is 10.4. The van der Waals surface area contributed by atoms with Crippen LogP contribution in [0.2, 0.25) is 0 Å². The van der Waals surface area contributed by atoms with Crippen LogP contribution in [0.5, 0.6) is 0 Å². The van der Waals surface area contributed by atoms with Crippen LogP contribution in [0.1, 0.15) is 24.2 Å². The third-order valence-corrected chi connectivity index (χ3v) is 2.54. The van der Waals surface area contributed by atoms with E-state index in [1.165, 1.54) is 6.92 Å². The van der Waals surface area contributed by atoms with Gasteiger partial charge in [-0.3, -0.25) is 4.79 Å². The van der Waals surface area contributed by atoms with E-state index in [0.29, 0.717) is 0 Å². The first kappa shape index (κ1) is 16.4. The zero-order chi connectivity index (χ0) is 15.5. The van der Waals surface area contributed by atoms with Gasteiger partial charge >= 0.3 is 12.1 Å². The molecule has 0 bridgehead atoms. The topological polar surface area (TPSA) is 72.5 Å². The molecule has 2 atom stereocenters. The fourth-order valence-electron chi connectivity index (χ4n) is 1.59. The molecule has 3 N–H and O–H groups in total. The SMILES string of the molecule is CCOC(=O)C(N)C(O)c1ccc(F)cc1C(F)(F)F. The predicted octanol–water partition coefficient (Wildman–Crippen LogP) is 1.77. The molecule has 8 heteroatoms. The van der Waals surface area contributed by atoms with Crippen molar-refractivity contribution >= 4 is 5.97 Å². The first-order valence-electron chi connectivity index (χ1n) is 5.65. The largest absolute Gasteiger partial charge is 0.465 e. The molecule has 0 radical (unpaired) electrons. The molecule has 0 aliphatic heterocycles. The first-order valence-corrected chi connectivity index (χ1v) is 5.65. The molecular formula is C12H13F4NO3. The van der Waals surface area contributed by atoms with Gasteiger partial charge < -0.3 is 15.6 Å². The van der Waals surface area contributed by atoms with Gasteiger partial charge in [-0.2, -0.15) is 13.2 Å². The van der Waals surface area contributed by atoms with Gasteiger partial charge in [-0.25, -0.2) is 4.39 Å². The summed E-state index contributed by atoms with van der Waals surface area (Å²) in [6, 6.07) is 0.0193. The van der Waals surface area contributed by atoms with Crippen LogP contribution in [-0.2, 0) is 15.7 Å². The van der Waals surface area contributed by atoms with E-state index >= 15 is 0 Å². The Morgan fingerprint density at radius 1 is 1.45 bits per heavy atom. The Kier molecular flexibility index (Phi) is 5.07. The molecule has 0 saturated heterocycles.